The van der Waals surface area contributed by atoms with Crippen molar-refractivity contribution in [3.05, 3.63) is 0 Å². The molecule has 0 aromatic heterocycles. The van der Waals surface area contributed by atoms with Gasteiger partial charge in [-0.15, -0.1) is 0 Å². The quantitative estimate of drug-likeness (QED) is 0.769. The van der Waals surface area contributed by atoms with Crippen molar-refractivity contribution < 1.29 is 4.79 Å². The molecule has 5 nitrogen and oxygen atoms in total. The molecule has 0 radical (unpaired) electrons. The average molecular weight is 298 g/mol. The van der Waals surface area contributed by atoms with E-state index in [1.54, 1.807) is 0 Å². The van der Waals surface area contributed by atoms with Gasteiger partial charge in [0.15, 0.2) is 0 Å². The molecule has 1 aliphatic rings. The normalized spacial score (nSPS) is 26.3. The SMILES string of the molecule is CC(C)NC(C)(CC(C)N1CCCN(C)CC1C)C(N)=O. The molecule has 5 heteroatoms. The summed E-state index contributed by atoms with van der Waals surface area (Å²) in [4.78, 5) is 16.8. The van der Waals surface area contributed by atoms with Crippen LogP contribution in [-0.4, -0.2) is 66.1 Å². The first-order valence-electron chi connectivity index (χ1n) is 8.17. The molecule has 1 heterocycles. The van der Waals surface area contributed by atoms with E-state index in [1.165, 1.54) is 6.42 Å². The Morgan fingerprint density at radius 1 is 1.38 bits per heavy atom. The van der Waals surface area contributed by atoms with Crippen LogP contribution in [0.25, 0.3) is 0 Å². The number of nitrogens with zero attached hydrogens (tertiary/aromatic N) is 2. The van der Waals surface area contributed by atoms with E-state index in [1.807, 2.05) is 6.92 Å². The Morgan fingerprint density at radius 3 is 2.52 bits per heavy atom. The lowest BCUT2D eigenvalue weighted by Gasteiger charge is -2.39. The molecular weight excluding hydrogens is 264 g/mol. The molecule has 3 atom stereocenters. The molecule has 1 amide bonds. The van der Waals surface area contributed by atoms with Crippen LogP contribution in [0.2, 0.25) is 0 Å². The molecule has 3 N–H and O–H groups in total. The summed E-state index contributed by atoms with van der Waals surface area (Å²) >= 11 is 0. The predicted molar refractivity (Wildman–Crippen MR) is 88.2 cm³/mol. The van der Waals surface area contributed by atoms with Crippen LogP contribution >= 0.6 is 0 Å². The van der Waals surface area contributed by atoms with Gasteiger partial charge in [0.1, 0.15) is 0 Å². The predicted octanol–water partition coefficient (Wildman–Crippen LogP) is 1.03. The summed E-state index contributed by atoms with van der Waals surface area (Å²) in [5, 5.41) is 3.35. The molecule has 0 aromatic rings. The van der Waals surface area contributed by atoms with Gasteiger partial charge in [0.05, 0.1) is 5.54 Å². The minimum Gasteiger partial charge on any atom is -0.368 e. The van der Waals surface area contributed by atoms with Gasteiger partial charge in [0.25, 0.3) is 0 Å². The fraction of sp³-hybridized carbons (Fsp3) is 0.938. The van der Waals surface area contributed by atoms with Gasteiger partial charge >= 0.3 is 0 Å². The number of likely N-dealkylation sites (N-methyl/N-ethyl adjacent to an activating group) is 1. The standard InChI is InChI=1S/C16H34N4O/c1-12(2)18-16(5,15(17)21)10-13(3)20-9-7-8-19(6)11-14(20)4/h12-14,18H,7-11H2,1-6H3,(H2,17,21). The highest BCUT2D eigenvalue weighted by molar-refractivity contribution is 5.84. The van der Waals surface area contributed by atoms with Gasteiger partial charge < -0.3 is 16.0 Å². The van der Waals surface area contributed by atoms with E-state index in [-0.39, 0.29) is 11.9 Å². The van der Waals surface area contributed by atoms with E-state index in [2.05, 4.69) is 49.9 Å². The molecule has 1 saturated heterocycles. The third-order valence-corrected chi connectivity index (χ3v) is 4.52. The number of carbonyl (C=O) groups excluding carboxylic acids is 1. The molecule has 21 heavy (non-hydrogen) atoms. The number of hydrogen-bond donors (Lipinski definition) is 2. The molecule has 1 fully saturated rings. The molecular formula is C16H34N4O. The highest BCUT2D eigenvalue weighted by Crippen LogP contribution is 2.21. The first-order valence-corrected chi connectivity index (χ1v) is 8.17. The molecule has 3 unspecified atom stereocenters. The van der Waals surface area contributed by atoms with Gasteiger partial charge in [-0.25, -0.2) is 0 Å². The van der Waals surface area contributed by atoms with Gasteiger partial charge in [-0.1, -0.05) is 0 Å². The molecule has 0 saturated carbocycles. The Balaban J connectivity index is 2.76. The number of nitrogens with two attached hydrogens (primary N) is 1. The number of hydrogen-bond acceptors (Lipinski definition) is 4. The lowest BCUT2D eigenvalue weighted by Crippen LogP contribution is -2.59. The smallest absolute Gasteiger partial charge is 0.237 e. The zero-order chi connectivity index (χ0) is 16.2. The zero-order valence-corrected chi connectivity index (χ0v) is 14.6. The van der Waals surface area contributed by atoms with Crippen LogP contribution in [0, 0.1) is 0 Å². The maximum atomic E-state index is 11.9. The summed E-state index contributed by atoms with van der Waals surface area (Å²) < 4.78 is 0. The van der Waals surface area contributed by atoms with Crippen molar-refractivity contribution in [2.24, 2.45) is 5.73 Å². The van der Waals surface area contributed by atoms with Crippen molar-refractivity contribution >= 4 is 5.91 Å². The highest BCUT2D eigenvalue weighted by atomic mass is 16.1. The van der Waals surface area contributed by atoms with E-state index in [9.17, 15) is 4.79 Å². The summed E-state index contributed by atoms with van der Waals surface area (Å²) in [6, 6.07) is 1.07. The monoisotopic (exact) mass is 298 g/mol. The van der Waals surface area contributed by atoms with Crippen LogP contribution in [0.3, 0.4) is 0 Å². The Hall–Kier alpha value is -0.650. The van der Waals surface area contributed by atoms with Gasteiger partial charge in [-0.2, -0.15) is 0 Å². The Labute approximate surface area is 130 Å². The molecule has 1 aliphatic heterocycles. The van der Waals surface area contributed by atoms with Gasteiger partial charge in [0.2, 0.25) is 5.91 Å². The number of primary amides is 1. The van der Waals surface area contributed by atoms with Crippen molar-refractivity contribution in [2.75, 3.05) is 26.7 Å². The van der Waals surface area contributed by atoms with Crippen LogP contribution in [0.15, 0.2) is 0 Å². The second kappa shape index (κ2) is 7.56. The first kappa shape index (κ1) is 18.4. The summed E-state index contributed by atoms with van der Waals surface area (Å²) in [6.07, 6.45) is 1.92. The van der Waals surface area contributed by atoms with E-state index in [0.717, 1.165) is 26.1 Å². The maximum Gasteiger partial charge on any atom is 0.237 e. The summed E-state index contributed by atoms with van der Waals surface area (Å²) in [5.41, 5.74) is 5.01. The second-order valence-electron chi connectivity index (χ2n) is 7.25. The summed E-state index contributed by atoms with van der Waals surface area (Å²) in [5.74, 6) is -0.261. The van der Waals surface area contributed by atoms with Crippen molar-refractivity contribution in [3.8, 4) is 0 Å². The van der Waals surface area contributed by atoms with Crippen molar-refractivity contribution in [3.63, 3.8) is 0 Å². The van der Waals surface area contributed by atoms with Gasteiger partial charge in [-0.05, 0) is 67.6 Å². The van der Waals surface area contributed by atoms with Gasteiger partial charge in [0, 0.05) is 24.7 Å². The largest absolute Gasteiger partial charge is 0.368 e. The maximum absolute atomic E-state index is 11.9. The Morgan fingerprint density at radius 2 is 2.00 bits per heavy atom. The topological polar surface area (TPSA) is 61.6 Å². The van der Waals surface area contributed by atoms with E-state index in [0.29, 0.717) is 12.1 Å². The Bertz CT molecular complexity index is 347. The molecule has 0 aliphatic carbocycles. The third kappa shape index (κ3) is 5.24. The van der Waals surface area contributed by atoms with Crippen molar-refractivity contribution in [1.29, 1.82) is 0 Å². The number of amides is 1. The summed E-state index contributed by atoms with van der Waals surface area (Å²) in [6.45, 7) is 13.8. The van der Waals surface area contributed by atoms with Crippen molar-refractivity contribution in [2.45, 2.75) is 71.1 Å². The van der Waals surface area contributed by atoms with Crippen molar-refractivity contribution in [1.82, 2.24) is 15.1 Å². The minimum absolute atomic E-state index is 0.238. The number of rotatable bonds is 6. The van der Waals surface area contributed by atoms with E-state index in [4.69, 9.17) is 5.73 Å². The second-order valence-corrected chi connectivity index (χ2v) is 7.25. The fourth-order valence-electron chi connectivity index (χ4n) is 3.62. The molecule has 0 aromatic carbocycles. The third-order valence-electron chi connectivity index (χ3n) is 4.52. The van der Waals surface area contributed by atoms with Crippen LogP contribution in [0.4, 0.5) is 0 Å². The van der Waals surface area contributed by atoms with E-state index < -0.39 is 5.54 Å². The highest BCUT2D eigenvalue weighted by Gasteiger charge is 2.36. The zero-order valence-electron chi connectivity index (χ0n) is 14.6. The number of carbonyl (C=O) groups is 1. The lowest BCUT2D eigenvalue weighted by molar-refractivity contribution is -0.125. The first-order chi connectivity index (χ1) is 9.65. The van der Waals surface area contributed by atoms with Crippen LogP contribution in [0.1, 0.15) is 47.5 Å². The van der Waals surface area contributed by atoms with Crippen LogP contribution in [-0.2, 0) is 4.79 Å². The van der Waals surface area contributed by atoms with Crippen LogP contribution in [0.5, 0.6) is 0 Å². The molecule has 124 valence electrons. The summed E-state index contributed by atoms with van der Waals surface area (Å²) in [7, 11) is 2.18. The van der Waals surface area contributed by atoms with Gasteiger partial charge in [-0.3, -0.25) is 9.69 Å². The molecule has 1 rings (SSSR count). The number of nitrogens with one attached hydrogen (secondary N) is 1. The van der Waals surface area contributed by atoms with Crippen LogP contribution < -0.4 is 11.1 Å². The molecule has 0 spiro atoms. The fourth-order valence-corrected chi connectivity index (χ4v) is 3.62. The van der Waals surface area contributed by atoms with E-state index >= 15 is 0 Å². The average Bonchev–Trinajstić information content (AvgIpc) is 2.48. The molecule has 0 bridgehead atoms. The minimum atomic E-state index is -0.647. The lowest BCUT2D eigenvalue weighted by atomic mass is 9.90. The Kier molecular flexibility index (Phi) is 6.63.